The Kier molecular flexibility index (Phi) is 4.90. The molecule has 6 nitrogen and oxygen atoms in total. The predicted molar refractivity (Wildman–Crippen MR) is 131 cm³/mol. The molecule has 0 N–H and O–H groups in total. The van der Waals surface area contributed by atoms with E-state index in [2.05, 4.69) is 15.9 Å². The number of aryl methyl sites for hydroxylation is 1. The molecule has 0 saturated carbocycles. The van der Waals surface area contributed by atoms with Gasteiger partial charge in [0.1, 0.15) is 0 Å². The number of amides is 2. The monoisotopic (exact) mass is 549 g/mol. The third-order valence-electron chi connectivity index (χ3n) is 7.11. The quantitative estimate of drug-likeness (QED) is 0.327. The van der Waals surface area contributed by atoms with E-state index in [0.29, 0.717) is 16.3 Å². The number of fused-ring (bicyclic) bond motifs is 3. The Bertz CT molecular complexity index is 1450. The first-order valence-electron chi connectivity index (χ1n) is 11.0. The van der Waals surface area contributed by atoms with Gasteiger partial charge in [-0.2, -0.15) is 0 Å². The molecule has 0 aromatic heterocycles. The van der Waals surface area contributed by atoms with Crippen molar-refractivity contribution in [2.75, 3.05) is 4.90 Å². The van der Waals surface area contributed by atoms with Crippen LogP contribution in [0.4, 0.5) is 5.69 Å². The first-order valence-corrected chi connectivity index (χ1v) is 12.2. The van der Waals surface area contributed by atoms with Gasteiger partial charge in [-0.05, 0) is 42.3 Å². The van der Waals surface area contributed by atoms with Crippen molar-refractivity contribution < 1.29 is 23.9 Å². The fraction of sp³-hybridized carbons (Fsp3) is 0.185. The molecule has 0 radical (unpaired) electrons. The second kappa shape index (κ2) is 7.68. The van der Waals surface area contributed by atoms with Crippen molar-refractivity contribution in [3.8, 4) is 0 Å². The molecule has 174 valence electrons. The molecule has 3 atom stereocenters. The third kappa shape index (κ3) is 2.92. The molecule has 0 unspecified atom stereocenters. The topological polar surface area (TPSA) is 80.8 Å². The lowest BCUT2D eigenvalue weighted by Crippen LogP contribution is -2.51. The number of anilines is 1. The minimum Gasteiger partial charge on any atom is -0.349 e. The second-order valence-electron chi connectivity index (χ2n) is 8.98. The minimum absolute atomic E-state index is 0.197. The Morgan fingerprint density at radius 2 is 1.57 bits per heavy atom. The van der Waals surface area contributed by atoms with Gasteiger partial charge in [-0.3, -0.25) is 19.2 Å². The predicted octanol–water partition coefficient (Wildman–Crippen LogP) is 5.11. The number of Topliss-reactive ketones (excluding diaryl/α,β-unsaturated/α-hetero) is 2. The van der Waals surface area contributed by atoms with Gasteiger partial charge in [0.25, 0.3) is 0 Å². The van der Waals surface area contributed by atoms with E-state index in [9.17, 15) is 19.2 Å². The fourth-order valence-electron chi connectivity index (χ4n) is 5.48. The summed E-state index contributed by atoms with van der Waals surface area (Å²) in [5.74, 6) is -4.71. The molecule has 3 aromatic carbocycles. The first-order chi connectivity index (χ1) is 16.8. The van der Waals surface area contributed by atoms with Gasteiger partial charge in [-0.15, -0.1) is 0 Å². The summed E-state index contributed by atoms with van der Waals surface area (Å²) in [4.78, 5) is 56.3. The molecule has 3 aromatic rings. The molecule has 3 aliphatic rings. The Hall–Kier alpha value is -3.13. The summed E-state index contributed by atoms with van der Waals surface area (Å²) in [6.07, 6.45) is -0.970. The zero-order valence-electron chi connectivity index (χ0n) is 18.3. The zero-order valence-corrected chi connectivity index (χ0v) is 20.7. The molecule has 2 amide bonds. The highest BCUT2D eigenvalue weighted by Crippen LogP contribution is 2.57. The van der Waals surface area contributed by atoms with Crippen LogP contribution < -0.4 is 4.90 Å². The molecule has 6 rings (SSSR count). The van der Waals surface area contributed by atoms with Crippen molar-refractivity contribution in [2.24, 2.45) is 11.8 Å². The van der Waals surface area contributed by atoms with E-state index in [4.69, 9.17) is 16.3 Å². The molecule has 2 saturated heterocycles. The standard InChI is InChI=1S/C27H17BrClNO5/c1-13-9-10-16(12-19(13)29)30-25(33)20-21(26(30)34)27(35-22(20)14-5-4-6-15(28)11-14)23(31)17-7-2-3-8-18(17)24(27)32/h2-12,20-22H,1H3/t20-,21+,22+/m0/s1. The van der Waals surface area contributed by atoms with Gasteiger partial charge in [-0.25, -0.2) is 4.90 Å². The number of halogens is 2. The molecule has 8 heteroatoms. The summed E-state index contributed by atoms with van der Waals surface area (Å²) < 4.78 is 7.02. The van der Waals surface area contributed by atoms with Crippen molar-refractivity contribution in [2.45, 2.75) is 18.6 Å². The van der Waals surface area contributed by atoms with E-state index >= 15 is 0 Å². The number of ether oxygens (including phenoxy) is 1. The Labute approximate surface area is 214 Å². The highest BCUT2D eigenvalue weighted by atomic mass is 79.9. The highest BCUT2D eigenvalue weighted by molar-refractivity contribution is 9.10. The van der Waals surface area contributed by atoms with Gasteiger partial charge >= 0.3 is 0 Å². The van der Waals surface area contributed by atoms with Gasteiger partial charge in [0.2, 0.25) is 29.0 Å². The number of ketones is 2. The smallest absolute Gasteiger partial charge is 0.241 e. The molecule has 1 aliphatic carbocycles. The average Bonchev–Trinajstić information content (AvgIpc) is 3.41. The van der Waals surface area contributed by atoms with Crippen LogP contribution in [0.25, 0.3) is 0 Å². The molecule has 2 fully saturated rings. The maximum absolute atomic E-state index is 13.9. The van der Waals surface area contributed by atoms with E-state index in [-0.39, 0.29) is 11.1 Å². The van der Waals surface area contributed by atoms with Crippen LogP contribution >= 0.6 is 27.5 Å². The summed E-state index contributed by atoms with van der Waals surface area (Å²) in [5, 5.41) is 0.398. The van der Waals surface area contributed by atoms with Gasteiger partial charge in [0.15, 0.2) is 0 Å². The van der Waals surface area contributed by atoms with Crippen LogP contribution in [0.3, 0.4) is 0 Å². The number of hydrogen-bond donors (Lipinski definition) is 0. The number of hydrogen-bond acceptors (Lipinski definition) is 5. The van der Waals surface area contributed by atoms with Gasteiger partial charge in [0.05, 0.1) is 23.6 Å². The van der Waals surface area contributed by atoms with Crippen LogP contribution in [0, 0.1) is 18.8 Å². The summed E-state index contributed by atoms with van der Waals surface area (Å²) >= 11 is 9.72. The zero-order chi connectivity index (χ0) is 24.6. The largest absolute Gasteiger partial charge is 0.349 e. The first kappa shape index (κ1) is 22.3. The van der Waals surface area contributed by atoms with Crippen LogP contribution in [0.1, 0.15) is 37.9 Å². The van der Waals surface area contributed by atoms with Crippen molar-refractivity contribution >= 4 is 56.6 Å². The molecule has 1 spiro atoms. The van der Waals surface area contributed by atoms with Crippen LogP contribution in [0.2, 0.25) is 5.02 Å². The van der Waals surface area contributed by atoms with Crippen molar-refractivity contribution in [1.29, 1.82) is 0 Å². The van der Waals surface area contributed by atoms with Crippen molar-refractivity contribution in [3.05, 3.63) is 98.5 Å². The van der Waals surface area contributed by atoms with E-state index in [1.807, 2.05) is 13.0 Å². The van der Waals surface area contributed by atoms with Gasteiger partial charge < -0.3 is 4.74 Å². The van der Waals surface area contributed by atoms with Crippen LogP contribution in [0.5, 0.6) is 0 Å². The van der Waals surface area contributed by atoms with E-state index in [1.165, 1.54) is 0 Å². The van der Waals surface area contributed by atoms with E-state index < -0.39 is 46.9 Å². The maximum Gasteiger partial charge on any atom is 0.241 e. The fourth-order valence-corrected chi connectivity index (χ4v) is 6.07. The van der Waals surface area contributed by atoms with Crippen molar-refractivity contribution in [3.63, 3.8) is 0 Å². The van der Waals surface area contributed by atoms with Crippen LogP contribution in [-0.2, 0) is 14.3 Å². The number of carbonyl (C=O) groups is 4. The summed E-state index contributed by atoms with van der Waals surface area (Å²) in [6.45, 7) is 1.81. The number of imide groups is 1. The molecule has 2 heterocycles. The second-order valence-corrected chi connectivity index (χ2v) is 10.3. The van der Waals surface area contributed by atoms with E-state index in [1.54, 1.807) is 60.7 Å². The highest BCUT2D eigenvalue weighted by Gasteiger charge is 2.74. The Morgan fingerprint density at radius 1 is 0.886 bits per heavy atom. The third-order valence-corrected chi connectivity index (χ3v) is 8.01. The molecule has 35 heavy (non-hydrogen) atoms. The minimum atomic E-state index is -2.10. The lowest BCUT2D eigenvalue weighted by atomic mass is 9.77. The van der Waals surface area contributed by atoms with Crippen LogP contribution in [-0.4, -0.2) is 29.0 Å². The summed E-state index contributed by atoms with van der Waals surface area (Å²) in [7, 11) is 0. The number of rotatable bonds is 2. The Morgan fingerprint density at radius 3 is 2.20 bits per heavy atom. The van der Waals surface area contributed by atoms with E-state index in [0.717, 1.165) is 14.9 Å². The van der Waals surface area contributed by atoms with Crippen molar-refractivity contribution in [1.82, 2.24) is 0 Å². The SMILES string of the molecule is Cc1ccc(N2C(=O)[C@@H]3[C@@H](c4cccc(Br)c4)OC4(C(=O)c5ccccc5C4=O)[C@H]3C2=O)cc1Cl. The van der Waals surface area contributed by atoms with Gasteiger partial charge in [0, 0.05) is 20.6 Å². The summed E-state index contributed by atoms with van der Waals surface area (Å²) in [5.41, 5.74) is -0.0296. The number of carbonyl (C=O) groups excluding carboxylic acids is 4. The molecule has 0 bridgehead atoms. The summed E-state index contributed by atoms with van der Waals surface area (Å²) in [6, 6.07) is 18.4. The lowest BCUT2D eigenvalue weighted by molar-refractivity contribution is -0.127. The molecular weight excluding hydrogens is 534 g/mol. The normalized spacial score (nSPS) is 24.4. The number of nitrogens with zero attached hydrogens (tertiary/aromatic N) is 1. The number of benzene rings is 3. The molecule has 2 aliphatic heterocycles. The van der Waals surface area contributed by atoms with Gasteiger partial charge in [-0.1, -0.05) is 70.0 Å². The molecular formula is C27H17BrClNO5. The Balaban J connectivity index is 1.55. The average molecular weight is 551 g/mol. The van der Waals surface area contributed by atoms with Crippen LogP contribution in [0.15, 0.2) is 71.2 Å². The lowest BCUT2D eigenvalue weighted by Gasteiger charge is -2.27. The maximum atomic E-state index is 13.9.